The van der Waals surface area contributed by atoms with E-state index in [4.69, 9.17) is 18.0 Å². The van der Waals surface area contributed by atoms with E-state index in [1.807, 2.05) is 18.2 Å². The van der Waals surface area contributed by atoms with Gasteiger partial charge in [-0.1, -0.05) is 24.3 Å². The van der Waals surface area contributed by atoms with Crippen LogP contribution < -0.4 is 5.73 Å². The smallest absolute Gasteiger partial charge is 0.270 e. The fraction of sp³-hybridized carbons (Fsp3) is 0.238. The average Bonchev–Trinajstić information content (AvgIpc) is 3.15. The van der Waals surface area contributed by atoms with Crippen LogP contribution >= 0.6 is 12.2 Å². The van der Waals surface area contributed by atoms with Gasteiger partial charge in [0, 0.05) is 30.2 Å². The van der Waals surface area contributed by atoms with Crippen LogP contribution in [0.3, 0.4) is 0 Å². The molecule has 0 spiro atoms. The van der Waals surface area contributed by atoms with Crippen molar-refractivity contribution >= 4 is 40.5 Å². The molecule has 2 N–H and O–H groups in total. The Hall–Kier alpha value is -3.66. The Morgan fingerprint density at radius 1 is 1.13 bits per heavy atom. The largest absolute Gasteiger partial charge is 0.375 e. The average molecular weight is 437 g/mol. The molecule has 1 aliphatic carbocycles. The molecule has 31 heavy (non-hydrogen) atoms. The van der Waals surface area contributed by atoms with Gasteiger partial charge >= 0.3 is 0 Å². The van der Waals surface area contributed by atoms with Gasteiger partial charge < -0.3 is 5.73 Å². The van der Waals surface area contributed by atoms with Gasteiger partial charge in [-0.25, -0.2) is 5.01 Å². The van der Waals surface area contributed by atoms with E-state index in [0.29, 0.717) is 5.56 Å². The molecule has 0 radical (unpaired) electrons. The zero-order chi connectivity index (χ0) is 22.1. The highest BCUT2D eigenvalue weighted by Gasteiger charge is 2.42. The minimum Gasteiger partial charge on any atom is -0.375 e. The summed E-state index contributed by atoms with van der Waals surface area (Å²) in [7, 11) is 0. The van der Waals surface area contributed by atoms with Crippen LogP contribution in [-0.4, -0.2) is 25.7 Å². The van der Waals surface area contributed by atoms with Gasteiger partial charge in [0.25, 0.3) is 11.4 Å². The van der Waals surface area contributed by atoms with Gasteiger partial charge in [-0.2, -0.15) is 5.10 Å². The number of thiocarbonyl (C=S) groups is 1. The van der Waals surface area contributed by atoms with Gasteiger partial charge in [-0.05, 0) is 54.3 Å². The molecule has 158 valence electrons. The van der Waals surface area contributed by atoms with Crippen molar-refractivity contribution in [2.75, 3.05) is 0 Å². The van der Waals surface area contributed by atoms with E-state index in [-0.39, 0.29) is 28.4 Å². The number of nitrogens with two attached hydrogens (primary N) is 1. The number of hydrogen-bond acceptors (Lipinski definition) is 6. The molecule has 4 rings (SSSR count). The van der Waals surface area contributed by atoms with E-state index in [1.54, 1.807) is 17.1 Å². The topological polar surface area (TPSA) is 128 Å². The Morgan fingerprint density at radius 2 is 1.81 bits per heavy atom. The monoisotopic (exact) mass is 437 g/mol. The molecule has 2 atom stereocenters. The highest BCUT2D eigenvalue weighted by Crippen LogP contribution is 2.44. The number of allylic oxidation sites excluding steroid dienone is 1. The summed E-state index contributed by atoms with van der Waals surface area (Å²) in [6.45, 7) is 0. The predicted molar refractivity (Wildman–Crippen MR) is 120 cm³/mol. The molecule has 2 aliphatic rings. The molecule has 0 bridgehead atoms. The number of hydrazone groups is 1. The van der Waals surface area contributed by atoms with E-state index >= 15 is 0 Å². The lowest BCUT2D eigenvalue weighted by atomic mass is 9.77. The summed E-state index contributed by atoms with van der Waals surface area (Å²) in [6, 6.07) is 12.5. The normalized spacial score (nSPS) is 21.5. The highest BCUT2D eigenvalue weighted by atomic mass is 32.1. The first-order valence-electron chi connectivity index (χ1n) is 9.72. The fourth-order valence-corrected chi connectivity index (χ4v) is 4.42. The summed E-state index contributed by atoms with van der Waals surface area (Å²) in [5.74, 6) is -0.0396. The van der Waals surface area contributed by atoms with E-state index in [0.717, 1.165) is 36.1 Å². The molecule has 0 unspecified atom stereocenters. The van der Waals surface area contributed by atoms with Crippen LogP contribution in [0.1, 0.15) is 36.4 Å². The molecule has 9 nitrogen and oxygen atoms in total. The Balaban J connectivity index is 1.74. The maximum atomic E-state index is 11.3. The Bertz CT molecular complexity index is 1150. The second kappa shape index (κ2) is 8.23. The third kappa shape index (κ3) is 4.02. The maximum Gasteiger partial charge on any atom is 0.270 e. The summed E-state index contributed by atoms with van der Waals surface area (Å²) in [6.07, 6.45) is 4.40. The van der Waals surface area contributed by atoms with Gasteiger partial charge in [-0.15, -0.1) is 0 Å². The fourth-order valence-electron chi connectivity index (χ4n) is 4.27. The van der Waals surface area contributed by atoms with Gasteiger partial charge in [0.2, 0.25) is 0 Å². The number of non-ortho nitro benzene ring substituents is 2. The van der Waals surface area contributed by atoms with Crippen molar-refractivity contribution < 1.29 is 9.85 Å². The first kappa shape index (κ1) is 20.6. The van der Waals surface area contributed by atoms with Crippen molar-refractivity contribution in [3.63, 3.8) is 0 Å². The number of fused-ring (bicyclic) bond motifs is 1. The molecule has 2 aromatic carbocycles. The second-order valence-corrected chi connectivity index (χ2v) is 7.90. The van der Waals surface area contributed by atoms with Crippen LogP contribution in [0.25, 0.3) is 6.08 Å². The van der Waals surface area contributed by atoms with Crippen LogP contribution in [0.15, 0.2) is 59.2 Å². The van der Waals surface area contributed by atoms with Crippen molar-refractivity contribution in [1.29, 1.82) is 0 Å². The summed E-state index contributed by atoms with van der Waals surface area (Å²) in [4.78, 5) is 21.5. The van der Waals surface area contributed by atoms with Crippen molar-refractivity contribution in [1.82, 2.24) is 5.01 Å². The zero-order valence-corrected chi connectivity index (χ0v) is 17.2. The lowest BCUT2D eigenvalue weighted by Crippen LogP contribution is -2.35. The first-order valence-corrected chi connectivity index (χ1v) is 10.1. The van der Waals surface area contributed by atoms with E-state index in [9.17, 15) is 20.2 Å². The number of nitro groups is 2. The van der Waals surface area contributed by atoms with Crippen LogP contribution in [0.2, 0.25) is 0 Å². The first-order chi connectivity index (χ1) is 14.8. The molecule has 0 aromatic heterocycles. The predicted octanol–water partition coefficient (Wildman–Crippen LogP) is 4.34. The highest BCUT2D eigenvalue weighted by molar-refractivity contribution is 7.80. The third-order valence-electron chi connectivity index (χ3n) is 5.57. The molecule has 2 aromatic rings. The van der Waals surface area contributed by atoms with Crippen molar-refractivity contribution in [2.45, 2.75) is 25.3 Å². The van der Waals surface area contributed by atoms with E-state index in [1.165, 1.54) is 24.3 Å². The molecule has 0 amide bonds. The Kier molecular flexibility index (Phi) is 5.47. The standard InChI is InChI=1S/C21H19N5O4S/c22-21(31)24-20(15-6-2-8-17(12-15)26(29)30)18-9-3-5-14(19(18)23-24)10-13-4-1-7-16(11-13)25(27)28/h1-2,4,6-8,10-12,18,20H,3,5,9H2,(H2,22,31)/b14-10+/t18-,20-/m0/s1. The van der Waals surface area contributed by atoms with Crippen molar-refractivity contribution in [3.05, 3.63) is 85.5 Å². The minimum absolute atomic E-state index is 0.00277. The van der Waals surface area contributed by atoms with E-state index in [2.05, 4.69) is 5.10 Å². The molecule has 1 aliphatic heterocycles. The third-order valence-corrected chi connectivity index (χ3v) is 5.76. The molecule has 1 saturated carbocycles. The Morgan fingerprint density at radius 3 is 2.48 bits per heavy atom. The quantitative estimate of drug-likeness (QED) is 0.428. The van der Waals surface area contributed by atoms with Crippen LogP contribution in [-0.2, 0) is 0 Å². The number of rotatable bonds is 4. The summed E-state index contributed by atoms with van der Waals surface area (Å²) in [5, 5.41) is 28.7. The van der Waals surface area contributed by atoms with Crippen LogP contribution in [0.4, 0.5) is 11.4 Å². The molecule has 0 saturated heterocycles. The molecule has 1 heterocycles. The lowest BCUT2D eigenvalue weighted by Gasteiger charge is -2.29. The number of nitro benzene ring substituents is 2. The van der Waals surface area contributed by atoms with Gasteiger partial charge in [0.15, 0.2) is 5.11 Å². The summed E-state index contributed by atoms with van der Waals surface area (Å²) < 4.78 is 0. The number of hydrogen-bond donors (Lipinski definition) is 1. The summed E-state index contributed by atoms with van der Waals surface area (Å²) in [5.41, 5.74) is 9.20. The van der Waals surface area contributed by atoms with Gasteiger partial charge in [-0.3, -0.25) is 20.2 Å². The van der Waals surface area contributed by atoms with E-state index < -0.39 is 9.85 Å². The molecule has 1 fully saturated rings. The SMILES string of the molecule is NC(=S)N1N=C2/C(=C/c3cccc([N+](=O)[O-])c3)CCC[C@@H]2[C@@H]1c1cccc([N+](=O)[O-])c1. The molecular formula is C21H19N5O4S. The van der Waals surface area contributed by atoms with Crippen molar-refractivity contribution in [3.8, 4) is 0 Å². The maximum absolute atomic E-state index is 11.3. The molecule has 10 heteroatoms. The van der Waals surface area contributed by atoms with Gasteiger partial charge in [0.05, 0.1) is 21.6 Å². The summed E-state index contributed by atoms with van der Waals surface area (Å²) >= 11 is 5.22. The van der Waals surface area contributed by atoms with Gasteiger partial charge in [0.1, 0.15) is 0 Å². The van der Waals surface area contributed by atoms with Crippen LogP contribution in [0.5, 0.6) is 0 Å². The number of nitrogens with zero attached hydrogens (tertiary/aromatic N) is 4. The lowest BCUT2D eigenvalue weighted by molar-refractivity contribution is -0.385. The number of benzene rings is 2. The Labute approximate surface area is 183 Å². The zero-order valence-electron chi connectivity index (χ0n) is 16.4. The van der Waals surface area contributed by atoms with Crippen LogP contribution in [0, 0.1) is 26.1 Å². The minimum atomic E-state index is -0.431. The second-order valence-electron chi connectivity index (χ2n) is 7.49. The van der Waals surface area contributed by atoms with Crippen molar-refractivity contribution in [2.24, 2.45) is 16.8 Å². The molecular weight excluding hydrogens is 418 g/mol.